The molecular weight excluding hydrogens is 381 g/mol. The van der Waals surface area contributed by atoms with Crippen LogP contribution in [0.3, 0.4) is 0 Å². The van der Waals surface area contributed by atoms with E-state index in [2.05, 4.69) is 11.8 Å². The lowest BCUT2D eigenvalue weighted by molar-refractivity contribution is 0.234. The molecule has 0 bridgehead atoms. The van der Waals surface area contributed by atoms with Crippen LogP contribution in [-0.4, -0.2) is 17.4 Å². The molecule has 134 valence electrons. The molecule has 0 saturated carbocycles. The molecular formula is C19H20Cl3NO2. The smallest absolute Gasteiger partial charge is 0.147 e. The lowest BCUT2D eigenvalue weighted by atomic mass is 9.99. The van der Waals surface area contributed by atoms with E-state index in [4.69, 9.17) is 44.0 Å². The summed E-state index contributed by atoms with van der Waals surface area (Å²) in [5.74, 6) is 2.01. The molecule has 2 aromatic rings. The average Bonchev–Trinajstić information content (AvgIpc) is 3.10. The number of rotatable bonds is 7. The Morgan fingerprint density at radius 3 is 2.72 bits per heavy atom. The van der Waals surface area contributed by atoms with Gasteiger partial charge in [-0.2, -0.15) is 0 Å². The number of halogens is 3. The van der Waals surface area contributed by atoms with Crippen molar-refractivity contribution in [3.63, 3.8) is 0 Å². The van der Waals surface area contributed by atoms with Gasteiger partial charge in [-0.15, -0.1) is 11.6 Å². The molecule has 2 heterocycles. The number of benzene rings is 1. The van der Waals surface area contributed by atoms with Crippen LogP contribution in [0.4, 0.5) is 0 Å². The number of allylic oxidation sites excluding steroid dienone is 1. The highest BCUT2D eigenvalue weighted by Gasteiger charge is 2.27. The minimum atomic E-state index is 0.349. The minimum Gasteiger partial charge on any atom is -0.491 e. The van der Waals surface area contributed by atoms with Gasteiger partial charge >= 0.3 is 0 Å². The van der Waals surface area contributed by atoms with Gasteiger partial charge < -0.3 is 14.1 Å². The van der Waals surface area contributed by atoms with Gasteiger partial charge in [0.15, 0.2) is 0 Å². The first-order chi connectivity index (χ1) is 12.1. The van der Waals surface area contributed by atoms with Crippen LogP contribution in [0.5, 0.6) is 0 Å². The summed E-state index contributed by atoms with van der Waals surface area (Å²) in [7, 11) is 0. The van der Waals surface area contributed by atoms with Crippen LogP contribution >= 0.6 is 34.8 Å². The number of hydrogen-bond donors (Lipinski definition) is 0. The standard InChI is InChI=1S/C19H20Cl3NO2/c1-2-3-6-25-19-15-9-17(22)16(21)8-13(15)11-23(18(19)10-20)12-14-5-4-7-24-14/h4-5,7-9H,2-3,6,10-12H2,1H3. The quantitative estimate of drug-likeness (QED) is 0.401. The highest BCUT2D eigenvalue weighted by molar-refractivity contribution is 6.42. The van der Waals surface area contributed by atoms with Crippen molar-refractivity contribution in [1.29, 1.82) is 0 Å². The van der Waals surface area contributed by atoms with Gasteiger partial charge in [0.05, 0.1) is 41.0 Å². The molecule has 0 spiro atoms. The molecule has 3 rings (SSSR count). The molecule has 0 unspecified atom stereocenters. The summed E-state index contributed by atoms with van der Waals surface area (Å²) in [5, 5.41) is 1.06. The maximum atomic E-state index is 6.29. The summed E-state index contributed by atoms with van der Waals surface area (Å²) in [5.41, 5.74) is 2.98. The maximum absolute atomic E-state index is 6.29. The zero-order chi connectivity index (χ0) is 17.8. The molecule has 1 aliphatic rings. The van der Waals surface area contributed by atoms with Gasteiger partial charge in [0.1, 0.15) is 11.5 Å². The van der Waals surface area contributed by atoms with E-state index in [1.165, 1.54) is 0 Å². The van der Waals surface area contributed by atoms with Gasteiger partial charge in [-0.1, -0.05) is 36.5 Å². The summed E-state index contributed by atoms with van der Waals surface area (Å²) in [6.07, 6.45) is 3.72. The van der Waals surface area contributed by atoms with E-state index in [0.717, 1.165) is 41.2 Å². The third kappa shape index (κ3) is 4.11. The fraction of sp³-hybridized carbons (Fsp3) is 0.368. The predicted octanol–water partition coefficient (Wildman–Crippen LogP) is 6.33. The van der Waals surface area contributed by atoms with Gasteiger partial charge in [0.2, 0.25) is 0 Å². The molecule has 6 heteroatoms. The SMILES string of the molecule is CCCCOC1=C(CCl)N(Cc2ccco2)Cc2cc(Cl)c(Cl)cc21. The highest BCUT2D eigenvalue weighted by atomic mass is 35.5. The number of alkyl halides is 1. The first kappa shape index (κ1) is 18.5. The molecule has 1 aliphatic heterocycles. The second-order valence-electron chi connectivity index (χ2n) is 5.97. The third-order valence-corrected chi connectivity index (χ3v) is 5.17. The second-order valence-corrected chi connectivity index (χ2v) is 7.05. The summed E-state index contributed by atoms with van der Waals surface area (Å²) < 4.78 is 11.6. The number of furan rings is 1. The highest BCUT2D eigenvalue weighted by Crippen LogP contribution is 2.38. The maximum Gasteiger partial charge on any atom is 0.147 e. The Morgan fingerprint density at radius 2 is 2.04 bits per heavy atom. The van der Waals surface area contributed by atoms with Crippen LogP contribution in [0.2, 0.25) is 10.0 Å². The molecule has 3 nitrogen and oxygen atoms in total. The Hall–Kier alpha value is -1.29. The molecule has 0 saturated heterocycles. The van der Waals surface area contributed by atoms with Gasteiger partial charge in [-0.3, -0.25) is 0 Å². The zero-order valence-corrected chi connectivity index (χ0v) is 16.3. The first-order valence-electron chi connectivity index (χ1n) is 8.31. The van der Waals surface area contributed by atoms with Crippen LogP contribution in [-0.2, 0) is 17.8 Å². The molecule has 0 atom stereocenters. The molecule has 1 aromatic heterocycles. The van der Waals surface area contributed by atoms with Crippen molar-refractivity contribution in [2.75, 3.05) is 12.5 Å². The van der Waals surface area contributed by atoms with E-state index in [-0.39, 0.29) is 0 Å². The van der Waals surface area contributed by atoms with Crippen molar-refractivity contribution in [3.8, 4) is 0 Å². The Morgan fingerprint density at radius 1 is 1.24 bits per heavy atom. The van der Waals surface area contributed by atoms with E-state index in [0.29, 0.717) is 35.6 Å². The summed E-state index contributed by atoms with van der Waals surface area (Å²) in [4.78, 5) is 2.17. The zero-order valence-electron chi connectivity index (χ0n) is 14.0. The monoisotopic (exact) mass is 399 g/mol. The lowest BCUT2D eigenvalue weighted by Gasteiger charge is -2.34. The number of ether oxygens (including phenoxy) is 1. The van der Waals surface area contributed by atoms with Crippen LogP contribution in [0.15, 0.2) is 40.6 Å². The van der Waals surface area contributed by atoms with Gasteiger partial charge in [-0.25, -0.2) is 0 Å². The Labute approximate surface area is 163 Å². The van der Waals surface area contributed by atoms with Gasteiger partial charge in [-0.05, 0) is 36.2 Å². The van der Waals surface area contributed by atoms with Crippen molar-refractivity contribution < 1.29 is 9.15 Å². The Kier molecular flexibility index (Phi) is 6.21. The van der Waals surface area contributed by atoms with E-state index >= 15 is 0 Å². The molecule has 0 N–H and O–H groups in total. The second kappa shape index (κ2) is 8.39. The van der Waals surface area contributed by atoms with Crippen LogP contribution in [0.1, 0.15) is 36.7 Å². The molecule has 0 amide bonds. The Bertz CT molecular complexity index is 756. The molecule has 0 radical (unpaired) electrons. The minimum absolute atomic E-state index is 0.349. The number of nitrogens with zero attached hydrogens (tertiary/aromatic N) is 1. The molecule has 25 heavy (non-hydrogen) atoms. The fourth-order valence-corrected chi connectivity index (χ4v) is 3.54. The van der Waals surface area contributed by atoms with Crippen LogP contribution < -0.4 is 0 Å². The number of fused-ring (bicyclic) bond motifs is 1. The number of hydrogen-bond acceptors (Lipinski definition) is 3. The Balaban J connectivity index is 2.00. The van der Waals surface area contributed by atoms with Crippen molar-refractivity contribution in [2.45, 2.75) is 32.9 Å². The molecule has 0 fully saturated rings. The summed E-state index contributed by atoms with van der Waals surface area (Å²) >= 11 is 18.8. The van der Waals surface area contributed by atoms with Crippen molar-refractivity contribution in [1.82, 2.24) is 4.90 Å². The van der Waals surface area contributed by atoms with Crippen molar-refractivity contribution in [3.05, 3.63) is 63.2 Å². The van der Waals surface area contributed by atoms with Crippen LogP contribution in [0, 0.1) is 0 Å². The van der Waals surface area contributed by atoms with Crippen LogP contribution in [0.25, 0.3) is 5.76 Å². The van der Waals surface area contributed by atoms with E-state index in [1.807, 2.05) is 24.3 Å². The average molecular weight is 401 g/mol. The third-order valence-electron chi connectivity index (χ3n) is 4.19. The predicted molar refractivity (Wildman–Crippen MR) is 103 cm³/mol. The summed E-state index contributed by atoms with van der Waals surface area (Å²) in [6.45, 7) is 4.07. The molecule has 1 aromatic carbocycles. The topological polar surface area (TPSA) is 25.6 Å². The van der Waals surface area contributed by atoms with E-state index < -0.39 is 0 Å². The molecule has 0 aliphatic carbocycles. The number of unbranched alkanes of at least 4 members (excludes halogenated alkanes) is 1. The van der Waals surface area contributed by atoms with Gasteiger partial charge in [0, 0.05) is 12.1 Å². The normalized spacial score (nSPS) is 14.0. The van der Waals surface area contributed by atoms with Crippen molar-refractivity contribution in [2.24, 2.45) is 0 Å². The first-order valence-corrected chi connectivity index (χ1v) is 9.60. The van der Waals surface area contributed by atoms with Crippen molar-refractivity contribution >= 4 is 40.6 Å². The fourth-order valence-electron chi connectivity index (χ4n) is 2.90. The van der Waals surface area contributed by atoms with E-state index in [9.17, 15) is 0 Å². The largest absolute Gasteiger partial charge is 0.491 e. The van der Waals surface area contributed by atoms with Gasteiger partial charge in [0.25, 0.3) is 0 Å². The summed E-state index contributed by atoms with van der Waals surface area (Å²) in [6, 6.07) is 7.61. The van der Waals surface area contributed by atoms with E-state index in [1.54, 1.807) is 6.26 Å². The lowest BCUT2D eigenvalue weighted by Crippen LogP contribution is -2.29.